The van der Waals surface area contributed by atoms with Gasteiger partial charge in [0.1, 0.15) is 5.76 Å². The summed E-state index contributed by atoms with van der Waals surface area (Å²) in [6.07, 6.45) is -1.47. The Bertz CT molecular complexity index is 322. The van der Waals surface area contributed by atoms with Gasteiger partial charge in [-0.3, -0.25) is 0 Å². The van der Waals surface area contributed by atoms with Gasteiger partial charge >= 0.3 is 0 Å². The van der Waals surface area contributed by atoms with Crippen LogP contribution in [0.2, 0.25) is 0 Å². The summed E-state index contributed by atoms with van der Waals surface area (Å²) in [7, 11) is 0. The van der Waals surface area contributed by atoms with Gasteiger partial charge in [-0.15, -0.1) is 0 Å². The van der Waals surface area contributed by atoms with Crippen LogP contribution >= 0.6 is 0 Å². The Labute approximate surface area is 92.8 Å². The van der Waals surface area contributed by atoms with E-state index in [0.29, 0.717) is 18.2 Å². The Hall–Kier alpha value is -0.940. The standard InChI is InChI=1S/C11H15F2NO2/c12-11(13)10-2-1-9(16-10)6-14-5-8-3-4-15-7-8/h1-2,8,11,14H,3-7H2/t8-/m0/s1. The van der Waals surface area contributed by atoms with Gasteiger partial charge in [0.05, 0.1) is 13.2 Å². The van der Waals surface area contributed by atoms with Gasteiger partial charge in [0.15, 0.2) is 5.76 Å². The fourth-order valence-corrected chi connectivity index (χ4v) is 1.75. The van der Waals surface area contributed by atoms with Gasteiger partial charge in [-0.05, 0) is 24.5 Å². The van der Waals surface area contributed by atoms with E-state index in [4.69, 9.17) is 9.15 Å². The molecule has 1 aliphatic rings. The van der Waals surface area contributed by atoms with Crippen molar-refractivity contribution in [3.63, 3.8) is 0 Å². The summed E-state index contributed by atoms with van der Waals surface area (Å²) >= 11 is 0. The maximum absolute atomic E-state index is 12.2. The quantitative estimate of drug-likeness (QED) is 0.844. The average Bonchev–Trinajstić information content (AvgIpc) is 2.87. The minimum atomic E-state index is -2.53. The van der Waals surface area contributed by atoms with Gasteiger partial charge in [0.2, 0.25) is 0 Å². The van der Waals surface area contributed by atoms with Crippen molar-refractivity contribution in [2.45, 2.75) is 19.4 Å². The van der Waals surface area contributed by atoms with E-state index >= 15 is 0 Å². The first-order valence-corrected chi connectivity index (χ1v) is 5.41. The van der Waals surface area contributed by atoms with Crippen LogP contribution in [0.3, 0.4) is 0 Å². The number of halogens is 2. The van der Waals surface area contributed by atoms with Crippen LogP contribution in [0.15, 0.2) is 16.5 Å². The Morgan fingerprint density at radius 3 is 2.94 bits per heavy atom. The van der Waals surface area contributed by atoms with E-state index in [0.717, 1.165) is 26.2 Å². The van der Waals surface area contributed by atoms with Gasteiger partial charge in [0, 0.05) is 13.2 Å². The van der Waals surface area contributed by atoms with E-state index in [1.165, 1.54) is 6.07 Å². The molecular weight excluding hydrogens is 216 g/mol. The van der Waals surface area contributed by atoms with E-state index in [9.17, 15) is 8.78 Å². The highest BCUT2D eigenvalue weighted by Gasteiger charge is 2.15. The first kappa shape index (κ1) is 11.5. The summed E-state index contributed by atoms with van der Waals surface area (Å²) in [5, 5.41) is 3.18. The van der Waals surface area contributed by atoms with Gasteiger partial charge < -0.3 is 14.5 Å². The molecule has 3 nitrogen and oxygen atoms in total. The Balaban J connectivity index is 1.72. The van der Waals surface area contributed by atoms with Crippen molar-refractivity contribution in [2.24, 2.45) is 5.92 Å². The van der Waals surface area contributed by atoms with Crippen LogP contribution in [0.4, 0.5) is 8.78 Å². The Kier molecular flexibility index (Phi) is 3.90. The molecule has 90 valence electrons. The van der Waals surface area contributed by atoms with Crippen LogP contribution in [0.1, 0.15) is 24.4 Å². The summed E-state index contributed by atoms with van der Waals surface area (Å²) in [5.74, 6) is 0.819. The molecule has 1 aromatic heterocycles. The molecule has 0 radical (unpaired) electrons. The molecule has 5 heteroatoms. The van der Waals surface area contributed by atoms with Gasteiger partial charge in [-0.1, -0.05) is 0 Å². The third-order valence-electron chi connectivity index (χ3n) is 2.65. The predicted molar refractivity (Wildman–Crippen MR) is 54.3 cm³/mol. The summed E-state index contributed by atoms with van der Waals surface area (Å²) < 4.78 is 34.6. The third-order valence-corrected chi connectivity index (χ3v) is 2.65. The average molecular weight is 231 g/mol. The Morgan fingerprint density at radius 2 is 2.31 bits per heavy atom. The van der Waals surface area contributed by atoms with Crippen molar-refractivity contribution in [3.05, 3.63) is 23.7 Å². The maximum atomic E-state index is 12.2. The summed E-state index contributed by atoms with van der Waals surface area (Å²) in [6, 6.07) is 2.90. The predicted octanol–water partition coefficient (Wildman–Crippen LogP) is 2.34. The molecule has 1 aliphatic heterocycles. The SMILES string of the molecule is FC(F)c1ccc(CNC[C@@H]2CCOC2)o1. The number of hydrogen-bond donors (Lipinski definition) is 1. The van der Waals surface area contributed by atoms with Crippen molar-refractivity contribution < 1.29 is 17.9 Å². The van der Waals surface area contributed by atoms with Crippen LogP contribution in [0.5, 0.6) is 0 Å². The monoisotopic (exact) mass is 231 g/mol. The minimum Gasteiger partial charge on any atom is -0.459 e. The van der Waals surface area contributed by atoms with E-state index in [1.807, 2.05) is 0 Å². The first-order chi connectivity index (χ1) is 7.75. The highest BCUT2D eigenvalue weighted by Crippen LogP contribution is 2.21. The molecule has 2 rings (SSSR count). The number of ether oxygens (including phenoxy) is 1. The lowest BCUT2D eigenvalue weighted by atomic mass is 10.1. The second-order valence-electron chi connectivity index (χ2n) is 3.97. The van der Waals surface area contributed by atoms with Crippen molar-refractivity contribution in [3.8, 4) is 0 Å². The zero-order valence-corrected chi connectivity index (χ0v) is 8.92. The molecule has 0 unspecified atom stereocenters. The molecule has 2 heterocycles. The zero-order valence-electron chi connectivity index (χ0n) is 8.92. The molecule has 0 aromatic carbocycles. The number of alkyl halides is 2. The number of rotatable bonds is 5. The number of furan rings is 1. The lowest BCUT2D eigenvalue weighted by Crippen LogP contribution is -2.22. The van der Waals surface area contributed by atoms with Gasteiger partial charge in [-0.25, -0.2) is 8.78 Å². The van der Waals surface area contributed by atoms with E-state index in [2.05, 4.69) is 5.32 Å². The van der Waals surface area contributed by atoms with Crippen LogP contribution in [0.25, 0.3) is 0 Å². The molecule has 0 aliphatic carbocycles. The molecule has 1 aromatic rings. The van der Waals surface area contributed by atoms with E-state index < -0.39 is 6.43 Å². The van der Waals surface area contributed by atoms with Crippen molar-refractivity contribution >= 4 is 0 Å². The normalized spacial score (nSPS) is 20.8. The molecule has 0 bridgehead atoms. The maximum Gasteiger partial charge on any atom is 0.295 e. The lowest BCUT2D eigenvalue weighted by molar-refractivity contribution is 0.119. The molecule has 1 fully saturated rings. The van der Waals surface area contributed by atoms with Gasteiger partial charge in [-0.2, -0.15) is 0 Å². The second-order valence-corrected chi connectivity index (χ2v) is 3.97. The first-order valence-electron chi connectivity index (χ1n) is 5.41. The van der Waals surface area contributed by atoms with E-state index in [-0.39, 0.29) is 5.76 Å². The summed E-state index contributed by atoms with van der Waals surface area (Å²) in [4.78, 5) is 0. The molecule has 0 amide bonds. The van der Waals surface area contributed by atoms with Crippen LogP contribution < -0.4 is 5.32 Å². The smallest absolute Gasteiger partial charge is 0.295 e. The molecule has 1 atom stereocenters. The zero-order chi connectivity index (χ0) is 11.4. The molecule has 0 saturated carbocycles. The molecule has 1 N–H and O–H groups in total. The van der Waals surface area contributed by atoms with Crippen LogP contribution in [-0.4, -0.2) is 19.8 Å². The fraction of sp³-hybridized carbons (Fsp3) is 0.636. The molecule has 1 saturated heterocycles. The largest absolute Gasteiger partial charge is 0.459 e. The van der Waals surface area contributed by atoms with Crippen LogP contribution in [-0.2, 0) is 11.3 Å². The van der Waals surface area contributed by atoms with Crippen LogP contribution in [0, 0.1) is 5.92 Å². The fourth-order valence-electron chi connectivity index (χ4n) is 1.75. The van der Waals surface area contributed by atoms with Crippen molar-refractivity contribution in [1.29, 1.82) is 0 Å². The van der Waals surface area contributed by atoms with E-state index in [1.54, 1.807) is 6.07 Å². The number of hydrogen-bond acceptors (Lipinski definition) is 3. The highest BCUT2D eigenvalue weighted by atomic mass is 19.3. The van der Waals surface area contributed by atoms with Crippen molar-refractivity contribution in [1.82, 2.24) is 5.32 Å². The topological polar surface area (TPSA) is 34.4 Å². The summed E-state index contributed by atoms with van der Waals surface area (Å²) in [6.45, 7) is 2.93. The number of nitrogens with one attached hydrogen (secondary N) is 1. The molecule has 16 heavy (non-hydrogen) atoms. The van der Waals surface area contributed by atoms with Gasteiger partial charge in [0.25, 0.3) is 6.43 Å². The lowest BCUT2D eigenvalue weighted by Gasteiger charge is -2.07. The molecular formula is C11H15F2NO2. The Morgan fingerprint density at radius 1 is 1.44 bits per heavy atom. The minimum absolute atomic E-state index is 0.263. The summed E-state index contributed by atoms with van der Waals surface area (Å²) in [5.41, 5.74) is 0. The van der Waals surface area contributed by atoms with Crippen molar-refractivity contribution in [2.75, 3.05) is 19.8 Å². The third kappa shape index (κ3) is 3.02. The highest BCUT2D eigenvalue weighted by molar-refractivity contribution is 5.07. The molecule has 0 spiro atoms. The second kappa shape index (κ2) is 5.41.